The molecule has 0 saturated carbocycles. The Labute approximate surface area is 80.8 Å². The van der Waals surface area contributed by atoms with Crippen LogP contribution >= 0.6 is 0 Å². The number of halogens is 1. The van der Waals surface area contributed by atoms with Gasteiger partial charge in [-0.3, -0.25) is 4.79 Å². The molecule has 0 aliphatic carbocycles. The first-order chi connectivity index (χ1) is 6.50. The third kappa shape index (κ3) is 2.53. The minimum atomic E-state index is -1.15. The molecule has 0 aliphatic rings. The molecule has 0 aromatic heterocycles. The van der Waals surface area contributed by atoms with E-state index in [9.17, 15) is 14.3 Å². The average Bonchev–Trinajstić information content (AvgIpc) is 2.08. The summed E-state index contributed by atoms with van der Waals surface area (Å²) >= 11 is 0. The molecule has 0 saturated heterocycles. The molecule has 0 radical (unpaired) electrons. The first-order valence-corrected chi connectivity index (χ1v) is 4.16. The molecule has 0 heterocycles. The number of benzene rings is 1. The SMILES string of the molecule is Cc1ccc(F)cc1C(O)CC(=O)O. The molecule has 0 amide bonds. The van der Waals surface area contributed by atoms with Crippen LogP contribution < -0.4 is 0 Å². The van der Waals surface area contributed by atoms with E-state index < -0.39 is 24.3 Å². The van der Waals surface area contributed by atoms with E-state index in [0.29, 0.717) is 11.1 Å². The van der Waals surface area contributed by atoms with Crippen LogP contribution in [0.2, 0.25) is 0 Å². The van der Waals surface area contributed by atoms with Crippen molar-refractivity contribution in [2.75, 3.05) is 0 Å². The van der Waals surface area contributed by atoms with Gasteiger partial charge < -0.3 is 10.2 Å². The average molecular weight is 198 g/mol. The Bertz CT molecular complexity index is 349. The number of carbonyl (C=O) groups is 1. The molecule has 0 fully saturated rings. The number of aliphatic hydroxyl groups excluding tert-OH is 1. The lowest BCUT2D eigenvalue weighted by Crippen LogP contribution is -2.07. The third-order valence-electron chi connectivity index (χ3n) is 1.97. The largest absolute Gasteiger partial charge is 0.481 e. The molecule has 1 atom stereocenters. The first kappa shape index (κ1) is 10.7. The Morgan fingerprint density at radius 2 is 2.21 bits per heavy atom. The van der Waals surface area contributed by atoms with Crippen LogP contribution in [-0.2, 0) is 4.79 Å². The molecule has 4 heteroatoms. The van der Waals surface area contributed by atoms with Gasteiger partial charge in [0.25, 0.3) is 0 Å². The summed E-state index contributed by atoms with van der Waals surface area (Å²) in [5.74, 6) is -1.59. The second kappa shape index (κ2) is 4.19. The Morgan fingerprint density at radius 3 is 2.79 bits per heavy atom. The standard InChI is InChI=1S/C10H11FO3/c1-6-2-3-7(11)4-8(6)9(12)5-10(13)14/h2-4,9,12H,5H2,1H3,(H,13,14). The predicted molar refractivity (Wildman–Crippen MR) is 48.3 cm³/mol. The van der Waals surface area contributed by atoms with Crippen LogP contribution in [0.5, 0.6) is 0 Å². The van der Waals surface area contributed by atoms with Gasteiger partial charge in [0, 0.05) is 0 Å². The van der Waals surface area contributed by atoms with Gasteiger partial charge in [-0.2, -0.15) is 0 Å². The molecule has 1 rings (SSSR count). The highest BCUT2D eigenvalue weighted by Crippen LogP contribution is 2.21. The summed E-state index contributed by atoms with van der Waals surface area (Å²) < 4.78 is 12.8. The number of carboxylic acids is 1. The van der Waals surface area contributed by atoms with Crippen LogP contribution in [0, 0.1) is 12.7 Å². The monoisotopic (exact) mass is 198 g/mol. The summed E-state index contributed by atoms with van der Waals surface area (Å²) in [6, 6.07) is 3.94. The topological polar surface area (TPSA) is 57.5 Å². The van der Waals surface area contributed by atoms with Crippen molar-refractivity contribution in [2.45, 2.75) is 19.4 Å². The molecule has 2 N–H and O–H groups in total. The van der Waals surface area contributed by atoms with Gasteiger partial charge in [0.1, 0.15) is 5.82 Å². The summed E-state index contributed by atoms with van der Waals surface area (Å²) in [7, 11) is 0. The molecule has 3 nitrogen and oxygen atoms in total. The number of hydrogen-bond acceptors (Lipinski definition) is 2. The molecule has 1 aromatic rings. The lowest BCUT2D eigenvalue weighted by atomic mass is 10.0. The van der Waals surface area contributed by atoms with Crippen molar-refractivity contribution < 1.29 is 19.4 Å². The van der Waals surface area contributed by atoms with E-state index >= 15 is 0 Å². The highest BCUT2D eigenvalue weighted by molar-refractivity contribution is 5.67. The predicted octanol–water partition coefficient (Wildman–Crippen LogP) is 1.64. The number of aryl methyl sites for hydroxylation is 1. The van der Waals surface area contributed by atoms with Gasteiger partial charge in [-0.15, -0.1) is 0 Å². The molecular formula is C10H11FO3. The fourth-order valence-corrected chi connectivity index (χ4v) is 1.25. The maximum Gasteiger partial charge on any atom is 0.306 e. The van der Waals surface area contributed by atoms with E-state index in [1.165, 1.54) is 12.1 Å². The van der Waals surface area contributed by atoms with Crippen molar-refractivity contribution >= 4 is 5.97 Å². The second-order valence-corrected chi connectivity index (χ2v) is 3.11. The van der Waals surface area contributed by atoms with E-state index in [0.717, 1.165) is 6.07 Å². The van der Waals surface area contributed by atoms with Crippen LogP contribution in [0.25, 0.3) is 0 Å². The summed E-state index contributed by atoms with van der Waals surface area (Å²) in [4.78, 5) is 10.3. The van der Waals surface area contributed by atoms with E-state index in [4.69, 9.17) is 5.11 Å². The normalized spacial score (nSPS) is 12.5. The van der Waals surface area contributed by atoms with Gasteiger partial charge in [-0.05, 0) is 30.2 Å². The molecule has 0 spiro atoms. The Hall–Kier alpha value is -1.42. The number of carboxylic acid groups (broad SMARTS) is 1. The summed E-state index contributed by atoms with van der Waals surface area (Å²) in [5.41, 5.74) is 1.01. The molecule has 14 heavy (non-hydrogen) atoms. The molecule has 0 bridgehead atoms. The van der Waals surface area contributed by atoms with Gasteiger partial charge in [0.2, 0.25) is 0 Å². The zero-order valence-corrected chi connectivity index (χ0v) is 7.70. The van der Waals surface area contributed by atoms with Crippen molar-refractivity contribution in [3.05, 3.63) is 35.1 Å². The minimum Gasteiger partial charge on any atom is -0.481 e. The number of aliphatic carboxylic acids is 1. The fraction of sp³-hybridized carbons (Fsp3) is 0.300. The van der Waals surface area contributed by atoms with Crippen molar-refractivity contribution in [1.29, 1.82) is 0 Å². The van der Waals surface area contributed by atoms with Gasteiger partial charge in [0.15, 0.2) is 0 Å². The molecule has 1 unspecified atom stereocenters. The van der Waals surface area contributed by atoms with Crippen LogP contribution in [0.3, 0.4) is 0 Å². The number of aliphatic hydroxyl groups is 1. The second-order valence-electron chi connectivity index (χ2n) is 3.11. The van der Waals surface area contributed by atoms with E-state index in [1.807, 2.05) is 0 Å². The zero-order chi connectivity index (χ0) is 10.7. The highest BCUT2D eigenvalue weighted by Gasteiger charge is 2.14. The van der Waals surface area contributed by atoms with Crippen LogP contribution in [0.1, 0.15) is 23.7 Å². The maximum atomic E-state index is 12.8. The van der Waals surface area contributed by atoms with Crippen LogP contribution in [0.15, 0.2) is 18.2 Å². The molecule has 0 aliphatic heterocycles. The first-order valence-electron chi connectivity index (χ1n) is 4.16. The van der Waals surface area contributed by atoms with E-state index in [-0.39, 0.29) is 0 Å². The van der Waals surface area contributed by atoms with E-state index in [1.54, 1.807) is 6.92 Å². The molecule has 76 valence electrons. The number of rotatable bonds is 3. The van der Waals surface area contributed by atoms with Crippen LogP contribution in [-0.4, -0.2) is 16.2 Å². The quantitative estimate of drug-likeness (QED) is 0.776. The van der Waals surface area contributed by atoms with Crippen molar-refractivity contribution in [1.82, 2.24) is 0 Å². The van der Waals surface area contributed by atoms with Crippen molar-refractivity contribution in [2.24, 2.45) is 0 Å². The zero-order valence-electron chi connectivity index (χ0n) is 7.70. The van der Waals surface area contributed by atoms with Crippen molar-refractivity contribution in [3.8, 4) is 0 Å². The van der Waals surface area contributed by atoms with Gasteiger partial charge >= 0.3 is 5.97 Å². The summed E-state index contributed by atoms with van der Waals surface area (Å²) in [6.45, 7) is 1.69. The fourth-order valence-electron chi connectivity index (χ4n) is 1.25. The van der Waals surface area contributed by atoms with Crippen LogP contribution in [0.4, 0.5) is 4.39 Å². The smallest absolute Gasteiger partial charge is 0.306 e. The lowest BCUT2D eigenvalue weighted by Gasteiger charge is -2.11. The Morgan fingerprint density at radius 1 is 1.57 bits per heavy atom. The van der Waals surface area contributed by atoms with Gasteiger partial charge in [-0.1, -0.05) is 6.07 Å². The number of hydrogen-bond donors (Lipinski definition) is 2. The minimum absolute atomic E-state index is 0.326. The lowest BCUT2D eigenvalue weighted by molar-refractivity contribution is -0.139. The Balaban J connectivity index is 2.93. The van der Waals surface area contributed by atoms with Crippen molar-refractivity contribution in [3.63, 3.8) is 0 Å². The highest BCUT2D eigenvalue weighted by atomic mass is 19.1. The Kier molecular flexibility index (Phi) is 3.19. The third-order valence-corrected chi connectivity index (χ3v) is 1.97. The van der Waals surface area contributed by atoms with Gasteiger partial charge in [-0.25, -0.2) is 4.39 Å². The molecule has 1 aromatic carbocycles. The summed E-state index contributed by atoms with van der Waals surface area (Å²) in [6.07, 6.45) is -1.56. The maximum absolute atomic E-state index is 12.8. The summed E-state index contributed by atoms with van der Waals surface area (Å²) in [5, 5.41) is 17.9. The van der Waals surface area contributed by atoms with Gasteiger partial charge in [0.05, 0.1) is 12.5 Å². The molecular weight excluding hydrogens is 187 g/mol. The van der Waals surface area contributed by atoms with E-state index in [2.05, 4.69) is 0 Å².